The number of carboxylic acid groups (broad SMARTS) is 1. The minimum Gasteiger partial charge on any atom is -0.507 e. The number of halogens is 1. The number of aromatic hydroxyl groups is 1. The lowest BCUT2D eigenvalue weighted by atomic mass is 10.2. The number of benzene rings is 1. The van der Waals surface area contributed by atoms with Gasteiger partial charge in [-0.25, -0.2) is 4.98 Å². The number of phenols is 1. The van der Waals surface area contributed by atoms with E-state index in [-0.39, 0.29) is 12.2 Å². The van der Waals surface area contributed by atoms with Gasteiger partial charge in [0.15, 0.2) is 0 Å². The lowest BCUT2D eigenvalue weighted by Crippen LogP contribution is -1.96. The molecule has 0 aliphatic carbocycles. The second-order valence-electron chi connectivity index (χ2n) is 4.05. The van der Waals surface area contributed by atoms with E-state index in [9.17, 15) is 9.90 Å². The molecule has 1 aromatic carbocycles. The van der Waals surface area contributed by atoms with Crippen LogP contribution in [0.1, 0.15) is 18.5 Å². The van der Waals surface area contributed by atoms with Crippen LogP contribution in [0.5, 0.6) is 5.75 Å². The summed E-state index contributed by atoms with van der Waals surface area (Å²) in [5, 5.41) is 21.4. The number of carbonyl (C=O) groups is 1. The molecule has 0 atom stereocenters. The Bertz CT molecular complexity index is 597. The van der Waals surface area contributed by atoms with Crippen molar-refractivity contribution >= 4 is 28.9 Å². The summed E-state index contributed by atoms with van der Waals surface area (Å²) >= 11 is 7.20. The number of aromatic nitrogens is 1. The van der Waals surface area contributed by atoms with Gasteiger partial charge >= 0.3 is 5.97 Å². The number of aryl methyl sites for hydroxylation is 1. The van der Waals surface area contributed by atoms with E-state index in [1.807, 2.05) is 5.38 Å². The molecule has 0 fully saturated rings. The van der Waals surface area contributed by atoms with Gasteiger partial charge < -0.3 is 10.2 Å². The summed E-state index contributed by atoms with van der Waals surface area (Å²) in [7, 11) is 0. The Hall–Kier alpha value is -1.59. The van der Waals surface area contributed by atoms with Gasteiger partial charge in [-0.15, -0.1) is 11.3 Å². The zero-order valence-electron chi connectivity index (χ0n) is 9.97. The Labute approximate surface area is 119 Å². The molecule has 0 spiro atoms. The minimum atomic E-state index is -0.800. The third-order valence-electron chi connectivity index (χ3n) is 2.57. The summed E-state index contributed by atoms with van der Waals surface area (Å²) in [6, 6.07) is 4.89. The highest BCUT2D eigenvalue weighted by atomic mass is 35.5. The number of nitrogens with zero attached hydrogens (tertiary/aromatic N) is 1. The van der Waals surface area contributed by atoms with Crippen LogP contribution in [0.4, 0.5) is 0 Å². The molecule has 0 saturated carbocycles. The third-order valence-corrected chi connectivity index (χ3v) is 3.72. The first-order chi connectivity index (χ1) is 9.06. The number of aliphatic carboxylic acids is 1. The molecule has 0 aliphatic rings. The highest BCUT2D eigenvalue weighted by Gasteiger charge is 2.10. The summed E-state index contributed by atoms with van der Waals surface area (Å²) in [6.45, 7) is 0. The fraction of sp³-hybridized carbons (Fsp3) is 0.231. The number of thiazole rings is 1. The quantitative estimate of drug-likeness (QED) is 0.885. The Balaban J connectivity index is 2.10. The van der Waals surface area contributed by atoms with Gasteiger partial charge in [-0.2, -0.15) is 0 Å². The van der Waals surface area contributed by atoms with Gasteiger partial charge in [0.25, 0.3) is 0 Å². The molecule has 0 bridgehead atoms. The van der Waals surface area contributed by atoms with E-state index in [2.05, 4.69) is 4.98 Å². The fourth-order valence-corrected chi connectivity index (χ4v) is 2.71. The summed E-state index contributed by atoms with van der Waals surface area (Å²) in [5.74, 6) is -0.704. The van der Waals surface area contributed by atoms with Crippen LogP contribution in [0.3, 0.4) is 0 Å². The first kappa shape index (κ1) is 13.8. The first-order valence-corrected chi connectivity index (χ1v) is 6.97. The van der Waals surface area contributed by atoms with Crippen molar-refractivity contribution in [2.24, 2.45) is 0 Å². The summed E-state index contributed by atoms with van der Waals surface area (Å²) < 4.78 is 0. The van der Waals surface area contributed by atoms with Crippen LogP contribution in [-0.2, 0) is 11.2 Å². The maximum Gasteiger partial charge on any atom is 0.303 e. The number of carboxylic acids is 1. The van der Waals surface area contributed by atoms with Crippen LogP contribution >= 0.6 is 22.9 Å². The van der Waals surface area contributed by atoms with E-state index >= 15 is 0 Å². The molecular weight excluding hydrogens is 286 g/mol. The third kappa shape index (κ3) is 3.68. The van der Waals surface area contributed by atoms with Crippen molar-refractivity contribution in [2.75, 3.05) is 0 Å². The molecule has 2 rings (SSSR count). The van der Waals surface area contributed by atoms with Gasteiger partial charge in [-0.05, 0) is 31.0 Å². The fourth-order valence-electron chi connectivity index (χ4n) is 1.65. The molecule has 6 heteroatoms. The van der Waals surface area contributed by atoms with Crippen molar-refractivity contribution in [3.05, 3.63) is 34.3 Å². The van der Waals surface area contributed by atoms with Crippen LogP contribution in [0.2, 0.25) is 5.02 Å². The van der Waals surface area contributed by atoms with Crippen molar-refractivity contribution in [1.29, 1.82) is 0 Å². The predicted molar refractivity (Wildman–Crippen MR) is 74.8 cm³/mol. The second-order valence-corrected chi connectivity index (χ2v) is 5.35. The molecule has 0 amide bonds. The van der Waals surface area contributed by atoms with Crippen molar-refractivity contribution in [1.82, 2.24) is 4.98 Å². The lowest BCUT2D eigenvalue weighted by molar-refractivity contribution is -0.137. The molecule has 4 nitrogen and oxygen atoms in total. The molecule has 0 saturated heterocycles. The van der Waals surface area contributed by atoms with E-state index in [1.165, 1.54) is 17.4 Å². The first-order valence-electron chi connectivity index (χ1n) is 5.71. The normalized spacial score (nSPS) is 10.6. The highest BCUT2D eigenvalue weighted by molar-refractivity contribution is 7.13. The minimum absolute atomic E-state index is 0.0962. The van der Waals surface area contributed by atoms with E-state index in [1.54, 1.807) is 12.1 Å². The van der Waals surface area contributed by atoms with Crippen molar-refractivity contribution < 1.29 is 15.0 Å². The molecule has 0 unspecified atom stereocenters. The van der Waals surface area contributed by atoms with Crippen molar-refractivity contribution in [3.8, 4) is 16.3 Å². The maximum atomic E-state index is 10.4. The van der Waals surface area contributed by atoms with Crippen LogP contribution in [0, 0.1) is 0 Å². The Morgan fingerprint density at radius 1 is 1.42 bits per heavy atom. The molecule has 2 N–H and O–H groups in total. The molecule has 1 aromatic heterocycles. The van der Waals surface area contributed by atoms with Gasteiger partial charge in [0.1, 0.15) is 10.8 Å². The maximum absolute atomic E-state index is 10.4. The average Bonchev–Trinajstić information content (AvgIpc) is 2.77. The summed E-state index contributed by atoms with van der Waals surface area (Å²) in [5.41, 5.74) is 1.48. The zero-order chi connectivity index (χ0) is 13.8. The average molecular weight is 298 g/mol. The molecule has 0 radical (unpaired) electrons. The van der Waals surface area contributed by atoms with E-state index < -0.39 is 5.97 Å². The van der Waals surface area contributed by atoms with Gasteiger partial charge in [0.2, 0.25) is 0 Å². The smallest absolute Gasteiger partial charge is 0.303 e. The Kier molecular flexibility index (Phi) is 4.39. The topological polar surface area (TPSA) is 70.4 Å². The zero-order valence-corrected chi connectivity index (χ0v) is 11.5. The number of phenolic OH excluding ortho intramolecular Hbond substituents is 1. The highest BCUT2D eigenvalue weighted by Crippen LogP contribution is 2.33. The van der Waals surface area contributed by atoms with E-state index in [0.717, 1.165) is 5.69 Å². The van der Waals surface area contributed by atoms with Gasteiger partial charge in [-0.1, -0.05) is 11.6 Å². The largest absolute Gasteiger partial charge is 0.507 e. The standard InChI is InChI=1S/C13H12ClNO3S/c14-8-4-5-10(11(16)6-8)13-15-9(7-19-13)2-1-3-12(17)18/h4-7,16H,1-3H2,(H,17,18). The molecule has 1 heterocycles. The van der Waals surface area contributed by atoms with Crippen LogP contribution in [0.15, 0.2) is 23.6 Å². The van der Waals surface area contributed by atoms with Crippen molar-refractivity contribution in [3.63, 3.8) is 0 Å². The predicted octanol–water partition coefficient (Wildman–Crippen LogP) is 3.58. The Morgan fingerprint density at radius 3 is 2.89 bits per heavy atom. The molecule has 2 aromatic rings. The van der Waals surface area contributed by atoms with Crippen molar-refractivity contribution in [2.45, 2.75) is 19.3 Å². The van der Waals surface area contributed by atoms with Crippen LogP contribution in [0.25, 0.3) is 10.6 Å². The monoisotopic (exact) mass is 297 g/mol. The molecule has 19 heavy (non-hydrogen) atoms. The number of hydrogen-bond donors (Lipinski definition) is 2. The lowest BCUT2D eigenvalue weighted by Gasteiger charge is -2.00. The number of rotatable bonds is 5. The molecule has 0 aliphatic heterocycles. The van der Waals surface area contributed by atoms with Gasteiger partial charge in [0, 0.05) is 16.8 Å². The molecule has 100 valence electrons. The van der Waals surface area contributed by atoms with Crippen LogP contribution in [-0.4, -0.2) is 21.2 Å². The molecular formula is C13H12ClNO3S. The summed E-state index contributed by atoms with van der Waals surface area (Å²) in [6.07, 6.45) is 1.32. The number of hydrogen-bond acceptors (Lipinski definition) is 4. The SMILES string of the molecule is O=C(O)CCCc1csc(-c2ccc(Cl)cc2O)n1. The summed E-state index contributed by atoms with van der Waals surface area (Å²) in [4.78, 5) is 14.8. The van der Waals surface area contributed by atoms with Gasteiger partial charge in [-0.3, -0.25) is 4.79 Å². The second kappa shape index (κ2) is 6.04. The van der Waals surface area contributed by atoms with E-state index in [0.29, 0.717) is 28.4 Å². The van der Waals surface area contributed by atoms with E-state index in [4.69, 9.17) is 16.7 Å². The van der Waals surface area contributed by atoms with Crippen LogP contribution < -0.4 is 0 Å². The Morgan fingerprint density at radius 2 is 2.21 bits per heavy atom. The van der Waals surface area contributed by atoms with Gasteiger partial charge in [0.05, 0.1) is 11.3 Å².